The molecule has 78 valence electrons. The maximum atomic E-state index is 5.55. The number of hydrogen-bond donors (Lipinski definition) is 1. The van der Waals surface area contributed by atoms with Crippen LogP contribution in [0, 0.1) is 27.7 Å². The van der Waals surface area contributed by atoms with E-state index in [-0.39, 0.29) is 0 Å². The van der Waals surface area contributed by atoms with Crippen molar-refractivity contribution in [3.05, 3.63) is 33.9 Å². The Morgan fingerprint density at radius 2 is 1.50 bits per heavy atom. The van der Waals surface area contributed by atoms with Crippen molar-refractivity contribution < 1.29 is 0 Å². The molecule has 0 fully saturated rings. The molecule has 0 atom stereocenters. The molecule has 0 unspecified atom stereocenters. The molecule has 0 amide bonds. The zero-order valence-corrected chi connectivity index (χ0v) is 9.78. The number of benzene rings is 1. The van der Waals surface area contributed by atoms with Crippen LogP contribution in [0.25, 0.3) is 0 Å². The molecule has 0 saturated heterocycles. The van der Waals surface area contributed by atoms with E-state index in [2.05, 4.69) is 33.8 Å². The van der Waals surface area contributed by atoms with Gasteiger partial charge in [0.1, 0.15) is 0 Å². The lowest BCUT2D eigenvalue weighted by Gasteiger charge is -2.14. The summed E-state index contributed by atoms with van der Waals surface area (Å²) in [5.41, 5.74) is 12.8. The van der Waals surface area contributed by atoms with Crippen molar-refractivity contribution in [1.82, 2.24) is 0 Å². The first kappa shape index (κ1) is 11.3. The van der Waals surface area contributed by atoms with Crippen LogP contribution >= 0.6 is 0 Å². The third-order valence-corrected chi connectivity index (χ3v) is 3.15. The average molecular weight is 191 g/mol. The van der Waals surface area contributed by atoms with Crippen LogP contribution in [-0.4, -0.2) is 6.54 Å². The molecular formula is C13H21N. The lowest BCUT2D eigenvalue weighted by Crippen LogP contribution is -2.04. The van der Waals surface area contributed by atoms with Gasteiger partial charge in [0.05, 0.1) is 0 Å². The van der Waals surface area contributed by atoms with Crippen LogP contribution in [0.5, 0.6) is 0 Å². The molecule has 14 heavy (non-hydrogen) atoms. The van der Waals surface area contributed by atoms with Gasteiger partial charge in [-0.05, 0) is 74.9 Å². The van der Waals surface area contributed by atoms with Gasteiger partial charge in [-0.1, -0.05) is 6.07 Å². The Bertz CT molecular complexity index is 300. The highest BCUT2D eigenvalue weighted by molar-refractivity contribution is 5.43. The SMILES string of the molecule is Cc1cc(C)c(C)c(CCCN)c1C. The van der Waals surface area contributed by atoms with E-state index in [0.29, 0.717) is 0 Å². The second-order valence-corrected chi connectivity index (χ2v) is 4.13. The fourth-order valence-corrected chi connectivity index (χ4v) is 1.95. The van der Waals surface area contributed by atoms with Crippen molar-refractivity contribution in [2.24, 2.45) is 5.73 Å². The second-order valence-electron chi connectivity index (χ2n) is 4.13. The minimum Gasteiger partial charge on any atom is -0.330 e. The lowest BCUT2D eigenvalue weighted by atomic mass is 9.91. The quantitative estimate of drug-likeness (QED) is 0.781. The van der Waals surface area contributed by atoms with Gasteiger partial charge in [0.25, 0.3) is 0 Å². The standard InChI is InChI=1S/C13H21N/c1-9-8-10(2)12(4)13(11(9)3)6-5-7-14/h8H,5-7,14H2,1-4H3. The van der Waals surface area contributed by atoms with E-state index in [1.807, 2.05) is 0 Å². The number of nitrogens with two attached hydrogens (primary N) is 1. The first-order valence-corrected chi connectivity index (χ1v) is 5.34. The van der Waals surface area contributed by atoms with E-state index in [1.165, 1.54) is 27.8 Å². The summed E-state index contributed by atoms with van der Waals surface area (Å²) in [5, 5.41) is 0. The Kier molecular flexibility index (Phi) is 3.70. The van der Waals surface area contributed by atoms with Crippen LogP contribution in [0.4, 0.5) is 0 Å². The largest absolute Gasteiger partial charge is 0.330 e. The van der Waals surface area contributed by atoms with Crippen LogP contribution in [0.1, 0.15) is 34.2 Å². The molecule has 0 radical (unpaired) electrons. The highest BCUT2D eigenvalue weighted by atomic mass is 14.5. The molecule has 0 saturated carbocycles. The molecule has 1 nitrogen and oxygen atoms in total. The van der Waals surface area contributed by atoms with Gasteiger partial charge in [-0.15, -0.1) is 0 Å². The van der Waals surface area contributed by atoms with Crippen molar-refractivity contribution in [3.63, 3.8) is 0 Å². The maximum Gasteiger partial charge on any atom is -0.00741 e. The summed E-state index contributed by atoms with van der Waals surface area (Å²) < 4.78 is 0. The topological polar surface area (TPSA) is 26.0 Å². The third-order valence-electron chi connectivity index (χ3n) is 3.15. The van der Waals surface area contributed by atoms with Gasteiger partial charge in [0, 0.05) is 0 Å². The molecule has 1 heteroatoms. The summed E-state index contributed by atoms with van der Waals surface area (Å²) in [6.45, 7) is 9.59. The normalized spacial score (nSPS) is 10.6. The maximum absolute atomic E-state index is 5.55. The Labute approximate surface area is 87.3 Å². The first-order valence-electron chi connectivity index (χ1n) is 5.34. The smallest absolute Gasteiger partial charge is 0.00741 e. The fraction of sp³-hybridized carbons (Fsp3) is 0.538. The van der Waals surface area contributed by atoms with Crippen LogP contribution < -0.4 is 5.73 Å². The fourth-order valence-electron chi connectivity index (χ4n) is 1.95. The van der Waals surface area contributed by atoms with Gasteiger partial charge in [-0.3, -0.25) is 0 Å². The summed E-state index contributed by atoms with van der Waals surface area (Å²) in [7, 11) is 0. The number of aryl methyl sites for hydroxylation is 2. The first-order chi connectivity index (χ1) is 6.57. The Morgan fingerprint density at radius 3 is 1.93 bits per heavy atom. The molecular weight excluding hydrogens is 170 g/mol. The Balaban J connectivity index is 3.11. The van der Waals surface area contributed by atoms with Crippen LogP contribution in [-0.2, 0) is 6.42 Å². The minimum absolute atomic E-state index is 0.784. The summed E-state index contributed by atoms with van der Waals surface area (Å²) >= 11 is 0. The molecule has 2 N–H and O–H groups in total. The van der Waals surface area contributed by atoms with Crippen molar-refractivity contribution in [1.29, 1.82) is 0 Å². The second kappa shape index (κ2) is 4.61. The van der Waals surface area contributed by atoms with E-state index in [0.717, 1.165) is 19.4 Å². The minimum atomic E-state index is 0.784. The highest BCUT2D eigenvalue weighted by Gasteiger charge is 2.07. The highest BCUT2D eigenvalue weighted by Crippen LogP contribution is 2.22. The Morgan fingerprint density at radius 1 is 1.00 bits per heavy atom. The van der Waals surface area contributed by atoms with Crippen molar-refractivity contribution in [2.75, 3.05) is 6.54 Å². The van der Waals surface area contributed by atoms with Gasteiger partial charge < -0.3 is 5.73 Å². The summed E-state index contributed by atoms with van der Waals surface area (Å²) in [4.78, 5) is 0. The van der Waals surface area contributed by atoms with Crippen molar-refractivity contribution >= 4 is 0 Å². The Hall–Kier alpha value is -0.820. The molecule has 0 bridgehead atoms. The molecule has 1 aromatic carbocycles. The average Bonchev–Trinajstić information content (AvgIpc) is 2.15. The number of rotatable bonds is 3. The van der Waals surface area contributed by atoms with E-state index in [9.17, 15) is 0 Å². The van der Waals surface area contributed by atoms with Gasteiger partial charge in [-0.25, -0.2) is 0 Å². The van der Waals surface area contributed by atoms with E-state index < -0.39 is 0 Å². The predicted molar refractivity (Wildman–Crippen MR) is 62.8 cm³/mol. The van der Waals surface area contributed by atoms with Gasteiger partial charge in [0.15, 0.2) is 0 Å². The molecule has 1 aromatic rings. The molecule has 0 aliphatic carbocycles. The zero-order chi connectivity index (χ0) is 10.7. The predicted octanol–water partition coefficient (Wildman–Crippen LogP) is 2.81. The van der Waals surface area contributed by atoms with Gasteiger partial charge in [-0.2, -0.15) is 0 Å². The summed E-state index contributed by atoms with van der Waals surface area (Å²) in [6.07, 6.45) is 2.21. The molecule has 0 aliphatic rings. The van der Waals surface area contributed by atoms with Crippen LogP contribution in [0.15, 0.2) is 6.07 Å². The molecule has 0 spiro atoms. The van der Waals surface area contributed by atoms with E-state index >= 15 is 0 Å². The molecule has 0 aromatic heterocycles. The van der Waals surface area contributed by atoms with Crippen LogP contribution in [0.3, 0.4) is 0 Å². The monoisotopic (exact) mass is 191 g/mol. The third kappa shape index (κ3) is 2.16. The molecule has 1 rings (SSSR count). The van der Waals surface area contributed by atoms with E-state index in [4.69, 9.17) is 5.73 Å². The van der Waals surface area contributed by atoms with Crippen LogP contribution in [0.2, 0.25) is 0 Å². The number of hydrogen-bond acceptors (Lipinski definition) is 1. The van der Waals surface area contributed by atoms with Crippen molar-refractivity contribution in [3.8, 4) is 0 Å². The lowest BCUT2D eigenvalue weighted by molar-refractivity contribution is 0.820. The molecule has 0 aliphatic heterocycles. The van der Waals surface area contributed by atoms with Crippen molar-refractivity contribution in [2.45, 2.75) is 40.5 Å². The van der Waals surface area contributed by atoms with E-state index in [1.54, 1.807) is 0 Å². The van der Waals surface area contributed by atoms with Gasteiger partial charge in [0.2, 0.25) is 0 Å². The molecule has 0 heterocycles. The van der Waals surface area contributed by atoms with Gasteiger partial charge >= 0.3 is 0 Å². The summed E-state index contributed by atoms with van der Waals surface area (Å²) in [5.74, 6) is 0. The zero-order valence-electron chi connectivity index (χ0n) is 9.78. The summed E-state index contributed by atoms with van der Waals surface area (Å²) in [6, 6.07) is 2.27.